The lowest BCUT2D eigenvalue weighted by atomic mass is 10.2. The standard InChI is InChI=1S/C12H24N6O/c1-8(2)18(9(3)4)7-6-14-11-15-10(13)16-12(17-11)19-5/h8-9H,6-7H2,1-5H3,(H3,13,14,15,16,17). The number of nitrogens with one attached hydrogen (secondary N) is 1. The minimum atomic E-state index is 0.152. The van der Waals surface area contributed by atoms with Crippen molar-refractivity contribution in [2.45, 2.75) is 39.8 Å². The number of nitrogens with two attached hydrogens (primary N) is 1. The Hall–Kier alpha value is -1.63. The molecule has 108 valence electrons. The lowest BCUT2D eigenvalue weighted by Crippen LogP contribution is -2.40. The predicted octanol–water partition coefficient (Wildman–Crippen LogP) is 0.993. The van der Waals surface area contributed by atoms with E-state index in [0.717, 1.165) is 13.1 Å². The summed E-state index contributed by atoms with van der Waals surface area (Å²) in [6.45, 7) is 10.4. The van der Waals surface area contributed by atoms with E-state index < -0.39 is 0 Å². The van der Waals surface area contributed by atoms with Gasteiger partial charge in [0.25, 0.3) is 0 Å². The average Bonchev–Trinajstić information content (AvgIpc) is 2.32. The molecule has 0 aliphatic rings. The Balaban J connectivity index is 2.55. The second-order valence-corrected chi connectivity index (χ2v) is 4.86. The van der Waals surface area contributed by atoms with Gasteiger partial charge in [0.2, 0.25) is 11.9 Å². The molecule has 0 aliphatic heterocycles. The van der Waals surface area contributed by atoms with Crippen molar-refractivity contribution in [3.63, 3.8) is 0 Å². The molecule has 7 heteroatoms. The van der Waals surface area contributed by atoms with E-state index in [4.69, 9.17) is 10.5 Å². The van der Waals surface area contributed by atoms with Crippen molar-refractivity contribution >= 4 is 11.9 Å². The summed E-state index contributed by atoms with van der Waals surface area (Å²) < 4.78 is 4.95. The molecule has 1 aromatic rings. The summed E-state index contributed by atoms with van der Waals surface area (Å²) in [5.41, 5.74) is 5.57. The zero-order valence-corrected chi connectivity index (χ0v) is 12.3. The van der Waals surface area contributed by atoms with E-state index in [1.54, 1.807) is 0 Å². The largest absolute Gasteiger partial charge is 0.467 e. The van der Waals surface area contributed by atoms with Gasteiger partial charge in [-0.2, -0.15) is 15.0 Å². The summed E-state index contributed by atoms with van der Waals surface area (Å²) in [7, 11) is 1.50. The summed E-state index contributed by atoms with van der Waals surface area (Å²) in [6, 6.07) is 1.22. The number of anilines is 2. The average molecular weight is 268 g/mol. The molecule has 0 unspecified atom stereocenters. The molecule has 3 N–H and O–H groups in total. The zero-order valence-electron chi connectivity index (χ0n) is 12.3. The van der Waals surface area contributed by atoms with Crippen LogP contribution in [0.25, 0.3) is 0 Å². The van der Waals surface area contributed by atoms with E-state index in [1.807, 2.05) is 0 Å². The van der Waals surface area contributed by atoms with Gasteiger partial charge in [-0.25, -0.2) is 0 Å². The fraction of sp³-hybridized carbons (Fsp3) is 0.750. The lowest BCUT2D eigenvalue weighted by molar-refractivity contribution is 0.182. The number of ether oxygens (including phenoxy) is 1. The first-order chi connectivity index (χ1) is 8.93. The number of hydrogen-bond acceptors (Lipinski definition) is 7. The van der Waals surface area contributed by atoms with Gasteiger partial charge in [0.15, 0.2) is 0 Å². The first-order valence-corrected chi connectivity index (χ1v) is 6.49. The van der Waals surface area contributed by atoms with Gasteiger partial charge in [-0.05, 0) is 27.7 Å². The third-order valence-electron chi connectivity index (χ3n) is 2.79. The van der Waals surface area contributed by atoms with E-state index in [2.05, 4.69) is 52.9 Å². The maximum Gasteiger partial charge on any atom is 0.322 e. The molecule has 0 aromatic carbocycles. The highest BCUT2D eigenvalue weighted by molar-refractivity contribution is 5.32. The van der Waals surface area contributed by atoms with Crippen LogP contribution in [-0.2, 0) is 0 Å². The van der Waals surface area contributed by atoms with Gasteiger partial charge in [-0.1, -0.05) is 0 Å². The number of methoxy groups -OCH3 is 1. The van der Waals surface area contributed by atoms with Gasteiger partial charge in [-0.15, -0.1) is 0 Å². The Morgan fingerprint density at radius 2 is 1.79 bits per heavy atom. The van der Waals surface area contributed by atoms with Crippen molar-refractivity contribution in [1.29, 1.82) is 0 Å². The Morgan fingerprint density at radius 1 is 1.16 bits per heavy atom. The number of rotatable bonds is 7. The first-order valence-electron chi connectivity index (χ1n) is 6.49. The Labute approximate surface area is 114 Å². The van der Waals surface area contributed by atoms with Crippen LogP contribution in [-0.4, -0.2) is 52.1 Å². The Bertz CT molecular complexity index is 388. The maximum atomic E-state index is 5.57. The van der Waals surface area contributed by atoms with Crippen LogP contribution in [0.1, 0.15) is 27.7 Å². The molecule has 1 heterocycles. The Morgan fingerprint density at radius 3 is 2.32 bits per heavy atom. The van der Waals surface area contributed by atoms with Crippen molar-refractivity contribution in [3.8, 4) is 6.01 Å². The molecule has 0 bridgehead atoms. The normalized spacial score (nSPS) is 11.4. The minimum Gasteiger partial charge on any atom is -0.467 e. The fourth-order valence-corrected chi connectivity index (χ4v) is 1.95. The third-order valence-corrected chi connectivity index (χ3v) is 2.79. The molecule has 0 spiro atoms. The van der Waals surface area contributed by atoms with Crippen LogP contribution in [0.3, 0.4) is 0 Å². The van der Waals surface area contributed by atoms with E-state index in [-0.39, 0.29) is 12.0 Å². The van der Waals surface area contributed by atoms with Gasteiger partial charge < -0.3 is 15.8 Å². The van der Waals surface area contributed by atoms with Crippen LogP contribution < -0.4 is 15.8 Å². The summed E-state index contributed by atoms with van der Waals surface area (Å²) in [5.74, 6) is 0.593. The number of nitrogen functional groups attached to an aromatic ring is 1. The van der Waals surface area contributed by atoms with Crippen molar-refractivity contribution in [3.05, 3.63) is 0 Å². The summed E-state index contributed by atoms with van der Waals surface area (Å²) in [5, 5.41) is 3.14. The zero-order chi connectivity index (χ0) is 14.4. The van der Waals surface area contributed by atoms with Crippen LogP contribution in [0, 0.1) is 0 Å². The van der Waals surface area contributed by atoms with Crippen LogP contribution in [0.15, 0.2) is 0 Å². The van der Waals surface area contributed by atoms with Crippen LogP contribution in [0.5, 0.6) is 6.01 Å². The molecule has 7 nitrogen and oxygen atoms in total. The number of nitrogens with zero attached hydrogens (tertiary/aromatic N) is 4. The topological polar surface area (TPSA) is 89.2 Å². The molecule has 0 saturated heterocycles. The quantitative estimate of drug-likeness (QED) is 0.762. The highest BCUT2D eigenvalue weighted by Gasteiger charge is 2.12. The molecule has 0 aliphatic carbocycles. The molecule has 1 aromatic heterocycles. The highest BCUT2D eigenvalue weighted by Crippen LogP contribution is 2.08. The van der Waals surface area contributed by atoms with E-state index in [0.29, 0.717) is 18.0 Å². The summed E-state index contributed by atoms with van der Waals surface area (Å²) in [6.07, 6.45) is 0. The number of aromatic nitrogens is 3. The molecule has 0 radical (unpaired) electrons. The highest BCUT2D eigenvalue weighted by atomic mass is 16.5. The molecule has 1 rings (SSSR count). The van der Waals surface area contributed by atoms with E-state index in [9.17, 15) is 0 Å². The van der Waals surface area contributed by atoms with Gasteiger partial charge >= 0.3 is 6.01 Å². The van der Waals surface area contributed by atoms with Gasteiger partial charge in [0, 0.05) is 25.2 Å². The Kier molecular flexibility index (Phi) is 5.75. The second-order valence-electron chi connectivity index (χ2n) is 4.86. The van der Waals surface area contributed by atoms with Gasteiger partial charge in [-0.3, -0.25) is 4.90 Å². The second kappa shape index (κ2) is 7.08. The van der Waals surface area contributed by atoms with Gasteiger partial charge in [0.05, 0.1) is 7.11 Å². The predicted molar refractivity (Wildman–Crippen MR) is 76.3 cm³/mol. The molecular weight excluding hydrogens is 244 g/mol. The maximum absolute atomic E-state index is 5.57. The first kappa shape index (κ1) is 15.4. The lowest BCUT2D eigenvalue weighted by Gasteiger charge is -2.30. The number of hydrogen-bond donors (Lipinski definition) is 2. The van der Waals surface area contributed by atoms with E-state index in [1.165, 1.54) is 7.11 Å². The fourth-order valence-electron chi connectivity index (χ4n) is 1.95. The SMILES string of the molecule is COc1nc(N)nc(NCCN(C(C)C)C(C)C)n1. The minimum absolute atomic E-state index is 0.152. The molecule has 0 atom stereocenters. The summed E-state index contributed by atoms with van der Waals surface area (Å²) >= 11 is 0. The molecule has 0 fully saturated rings. The van der Waals surface area contributed by atoms with Crippen LogP contribution in [0.2, 0.25) is 0 Å². The molecule has 0 saturated carbocycles. The van der Waals surface area contributed by atoms with Gasteiger partial charge in [0.1, 0.15) is 0 Å². The van der Waals surface area contributed by atoms with Crippen LogP contribution >= 0.6 is 0 Å². The smallest absolute Gasteiger partial charge is 0.322 e. The third kappa shape index (κ3) is 4.86. The van der Waals surface area contributed by atoms with Crippen molar-refractivity contribution in [2.24, 2.45) is 0 Å². The van der Waals surface area contributed by atoms with Crippen molar-refractivity contribution < 1.29 is 4.74 Å². The molecule has 19 heavy (non-hydrogen) atoms. The van der Waals surface area contributed by atoms with Crippen molar-refractivity contribution in [2.75, 3.05) is 31.2 Å². The van der Waals surface area contributed by atoms with E-state index >= 15 is 0 Å². The van der Waals surface area contributed by atoms with Crippen molar-refractivity contribution in [1.82, 2.24) is 19.9 Å². The monoisotopic (exact) mass is 268 g/mol. The summed E-state index contributed by atoms with van der Waals surface area (Å²) in [4.78, 5) is 14.3. The molecular formula is C12H24N6O. The van der Waals surface area contributed by atoms with Crippen LogP contribution in [0.4, 0.5) is 11.9 Å². The molecule has 0 amide bonds.